The number of rotatable bonds is 5. The van der Waals surface area contributed by atoms with Crippen LogP contribution in [0.1, 0.15) is 11.1 Å². The molecule has 1 nitrogen and oxygen atoms in total. The maximum absolute atomic E-state index is 5.12. The fourth-order valence-electron chi connectivity index (χ4n) is 1.74. The molecule has 0 amide bonds. The van der Waals surface area contributed by atoms with Gasteiger partial charge in [0.15, 0.2) is 0 Å². The molecule has 0 atom stereocenters. The molecule has 0 bridgehead atoms. The molecule has 2 aromatic rings. The Morgan fingerprint density at radius 3 is 1.75 bits per heavy atom. The fraction of sp³-hybridized carbons (Fsp3) is 0.0526. The topological polar surface area (TPSA) is 9.23 Å². The van der Waals surface area contributed by atoms with Gasteiger partial charge < -0.3 is 4.74 Å². The van der Waals surface area contributed by atoms with E-state index in [2.05, 4.69) is 24.3 Å². The van der Waals surface area contributed by atoms with Crippen molar-refractivity contribution in [2.24, 2.45) is 0 Å². The predicted octanol–water partition coefficient (Wildman–Crippen LogP) is 4.98. The van der Waals surface area contributed by atoms with Crippen molar-refractivity contribution in [3.05, 3.63) is 90.0 Å². The van der Waals surface area contributed by atoms with Gasteiger partial charge in [-0.2, -0.15) is 0 Å². The molecule has 0 aromatic heterocycles. The van der Waals surface area contributed by atoms with Crippen LogP contribution in [0.25, 0.3) is 12.2 Å². The Labute approximate surface area is 120 Å². The maximum Gasteiger partial charge on any atom is 0.118 e. The normalized spacial score (nSPS) is 11.7. The predicted molar refractivity (Wildman–Crippen MR) is 86.6 cm³/mol. The lowest BCUT2D eigenvalue weighted by molar-refractivity contribution is 0.415. The number of hydrogen-bond donors (Lipinski definition) is 0. The third-order valence-electron chi connectivity index (χ3n) is 2.83. The van der Waals surface area contributed by atoms with Gasteiger partial charge in [0.2, 0.25) is 0 Å². The molecule has 0 N–H and O–H groups in total. The van der Waals surface area contributed by atoms with Crippen LogP contribution < -0.4 is 4.74 Å². The average Bonchev–Trinajstić information content (AvgIpc) is 2.52. The lowest BCUT2D eigenvalue weighted by Crippen LogP contribution is -1.81. The van der Waals surface area contributed by atoms with E-state index in [9.17, 15) is 0 Å². The number of benzene rings is 2. The van der Waals surface area contributed by atoms with Crippen molar-refractivity contribution in [2.75, 3.05) is 7.11 Å². The highest BCUT2D eigenvalue weighted by molar-refractivity contribution is 5.54. The summed E-state index contributed by atoms with van der Waals surface area (Å²) in [5.74, 6) is 0.878. The highest BCUT2D eigenvalue weighted by Gasteiger charge is 1.88. The van der Waals surface area contributed by atoms with Gasteiger partial charge in [-0.05, 0) is 23.3 Å². The molecular formula is C19H18O. The van der Waals surface area contributed by atoms with E-state index in [-0.39, 0.29) is 0 Å². The van der Waals surface area contributed by atoms with Gasteiger partial charge in [0, 0.05) is 0 Å². The quantitative estimate of drug-likeness (QED) is 0.691. The van der Waals surface area contributed by atoms with E-state index < -0.39 is 0 Å². The zero-order valence-corrected chi connectivity index (χ0v) is 11.6. The number of hydrogen-bond acceptors (Lipinski definition) is 1. The van der Waals surface area contributed by atoms with Crippen molar-refractivity contribution in [1.82, 2.24) is 0 Å². The highest BCUT2D eigenvalue weighted by atomic mass is 16.5. The van der Waals surface area contributed by atoms with Crippen LogP contribution in [0.3, 0.4) is 0 Å². The molecule has 0 aliphatic carbocycles. The van der Waals surface area contributed by atoms with E-state index in [0.717, 1.165) is 11.3 Å². The zero-order chi connectivity index (χ0) is 14.0. The minimum Gasteiger partial charge on any atom is -0.497 e. The molecule has 0 fully saturated rings. The summed E-state index contributed by atoms with van der Waals surface area (Å²) in [6.07, 6.45) is 12.2. The third kappa shape index (κ3) is 4.62. The van der Waals surface area contributed by atoms with E-state index in [1.807, 2.05) is 66.8 Å². The lowest BCUT2D eigenvalue weighted by Gasteiger charge is -1.98. The van der Waals surface area contributed by atoms with Gasteiger partial charge in [-0.3, -0.25) is 0 Å². The van der Waals surface area contributed by atoms with Crippen LogP contribution in [0.15, 0.2) is 78.9 Å². The number of ether oxygens (including phenoxy) is 1. The van der Waals surface area contributed by atoms with Crippen molar-refractivity contribution in [3.8, 4) is 5.75 Å². The van der Waals surface area contributed by atoms with Crippen molar-refractivity contribution < 1.29 is 4.74 Å². The van der Waals surface area contributed by atoms with Gasteiger partial charge in [-0.25, -0.2) is 0 Å². The Morgan fingerprint density at radius 2 is 1.20 bits per heavy atom. The largest absolute Gasteiger partial charge is 0.497 e. The molecule has 2 aromatic carbocycles. The molecule has 2 rings (SSSR count). The molecular weight excluding hydrogens is 244 g/mol. The summed E-state index contributed by atoms with van der Waals surface area (Å²) in [7, 11) is 1.67. The Morgan fingerprint density at radius 1 is 0.650 bits per heavy atom. The van der Waals surface area contributed by atoms with Crippen molar-refractivity contribution >= 4 is 12.2 Å². The van der Waals surface area contributed by atoms with Gasteiger partial charge in [0.1, 0.15) is 5.75 Å². The van der Waals surface area contributed by atoms with Crippen LogP contribution in [-0.2, 0) is 0 Å². The van der Waals surface area contributed by atoms with Gasteiger partial charge >= 0.3 is 0 Å². The molecule has 20 heavy (non-hydrogen) atoms. The van der Waals surface area contributed by atoms with E-state index in [0.29, 0.717) is 0 Å². The van der Waals surface area contributed by atoms with Crippen LogP contribution in [-0.4, -0.2) is 7.11 Å². The monoisotopic (exact) mass is 262 g/mol. The maximum atomic E-state index is 5.12. The summed E-state index contributed by atoms with van der Waals surface area (Å²) in [5, 5.41) is 0. The summed E-state index contributed by atoms with van der Waals surface area (Å²) in [4.78, 5) is 0. The first-order valence-electron chi connectivity index (χ1n) is 6.59. The summed E-state index contributed by atoms with van der Waals surface area (Å²) < 4.78 is 5.12. The summed E-state index contributed by atoms with van der Waals surface area (Å²) in [5.41, 5.74) is 2.36. The lowest BCUT2D eigenvalue weighted by atomic mass is 10.2. The fourth-order valence-corrected chi connectivity index (χ4v) is 1.74. The molecule has 100 valence electrons. The summed E-state index contributed by atoms with van der Waals surface area (Å²) in [6.45, 7) is 0. The Bertz CT molecular complexity index is 589. The second-order valence-corrected chi connectivity index (χ2v) is 4.29. The minimum atomic E-state index is 0.878. The minimum absolute atomic E-state index is 0.878. The number of allylic oxidation sites excluding steroid dienone is 4. The molecule has 0 aliphatic heterocycles. The molecule has 0 unspecified atom stereocenters. The van der Waals surface area contributed by atoms with E-state index in [4.69, 9.17) is 4.74 Å². The molecule has 0 spiro atoms. The SMILES string of the molecule is COc1ccc(C=CC=CC=Cc2ccccc2)cc1. The van der Waals surface area contributed by atoms with Crippen LogP contribution in [0.2, 0.25) is 0 Å². The van der Waals surface area contributed by atoms with Crippen LogP contribution in [0.4, 0.5) is 0 Å². The van der Waals surface area contributed by atoms with Crippen LogP contribution in [0.5, 0.6) is 5.75 Å². The first-order chi connectivity index (χ1) is 9.88. The standard InChI is InChI=1S/C19H18O/c1-20-19-15-13-18(14-16-19)12-6-3-2-5-9-17-10-7-4-8-11-17/h2-16H,1H3. The van der Waals surface area contributed by atoms with E-state index in [1.165, 1.54) is 5.56 Å². The Balaban J connectivity index is 1.86. The highest BCUT2D eigenvalue weighted by Crippen LogP contribution is 2.12. The van der Waals surface area contributed by atoms with Crippen molar-refractivity contribution in [3.63, 3.8) is 0 Å². The molecule has 0 radical (unpaired) electrons. The molecule has 0 saturated carbocycles. The van der Waals surface area contributed by atoms with Gasteiger partial charge in [0.05, 0.1) is 7.11 Å². The Hall–Kier alpha value is -2.54. The number of methoxy groups -OCH3 is 1. The third-order valence-corrected chi connectivity index (χ3v) is 2.83. The second-order valence-electron chi connectivity index (χ2n) is 4.29. The van der Waals surface area contributed by atoms with Crippen LogP contribution in [0, 0.1) is 0 Å². The summed E-state index contributed by atoms with van der Waals surface area (Å²) in [6, 6.07) is 18.2. The van der Waals surface area contributed by atoms with Crippen LogP contribution >= 0.6 is 0 Å². The average molecular weight is 262 g/mol. The molecule has 1 heteroatoms. The van der Waals surface area contributed by atoms with E-state index >= 15 is 0 Å². The molecule has 0 heterocycles. The second kappa shape index (κ2) is 7.80. The van der Waals surface area contributed by atoms with Crippen molar-refractivity contribution in [1.29, 1.82) is 0 Å². The van der Waals surface area contributed by atoms with Gasteiger partial charge in [-0.1, -0.05) is 78.9 Å². The zero-order valence-electron chi connectivity index (χ0n) is 11.6. The molecule has 0 saturated heterocycles. The van der Waals surface area contributed by atoms with Gasteiger partial charge in [0.25, 0.3) is 0 Å². The first-order valence-corrected chi connectivity index (χ1v) is 6.59. The van der Waals surface area contributed by atoms with Crippen molar-refractivity contribution in [2.45, 2.75) is 0 Å². The van der Waals surface area contributed by atoms with E-state index in [1.54, 1.807) is 7.11 Å². The smallest absolute Gasteiger partial charge is 0.118 e. The summed E-state index contributed by atoms with van der Waals surface area (Å²) >= 11 is 0. The Kier molecular flexibility index (Phi) is 5.41. The molecule has 0 aliphatic rings. The van der Waals surface area contributed by atoms with Gasteiger partial charge in [-0.15, -0.1) is 0 Å². The first kappa shape index (κ1) is 13.9.